The average molecular weight is 366 g/mol. The van der Waals surface area contributed by atoms with Crippen LogP contribution < -0.4 is 5.32 Å². The van der Waals surface area contributed by atoms with Gasteiger partial charge in [0.15, 0.2) is 0 Å². The smallest absolute Gasteiger partial charge is 0.254 e. The molecule has 6 heteroatoms. The van der Waals surface area contributed by atoms with Crippen LogP contribution in [-0.2, 0) is 11.3 Å². The number of benzene rings is 2. The van der Waals surface area contributed by atoms with Crippen LogP contribution in [0.4, 0.5) is 0 Å². The van der Waals surface area contributed by atoms with Gasteiger partial charge in [0.1, 0.15) is 6.10 Å². The van der Waals surface area contributed by atoms with Crippen LogP contribution >= 0.6 is 0 Å². The van der Waals surface area contributed by atoms with Crippen LogP contribution in [0.2, 0.25) is 0 Å². The van der Waals surface area contributed by atoms with E-state index < -0.39 is 12.2 Å². The lowest BCUT2D eigenvalue weighted by Gasteiger charge is -2.23. The van der Waals surface area contributed by atoms with E-state index in [0.29, 0.717) is 31.8 Å². The lowest BCUT2D eigenvalue weighted by Crippen LogP contribution is -2.41. The summed E-state index contributed by atoms with van der Waals surface area (Å²) in [5.41, 5.74) is 2.31. The molecule has 1 saturated heterocycles. The molecule has 2 aromatic rings. The van der Waals surface area contributed by atoms with E-state index in [2.05, 4.69) is 5.32 Å². The minimum absolute atomic E-state index is 0.0257. The largest absolute Gasteiger partial charge is 0.390 e. The highest BCUT2D eigenvalue weighted by Crippen LogP contribution is 2.26. The van der Waals surface area contributed by atoms with Crippen molar-refractivity contribution in [1.82, 2.24) is 10.2 Å². The quantitative estimate of drug-likeness (QED) is 0.840. The van der Waals surface area contributed by atoms with Crippen LogP contribution in [0.15, 0.2) is 54.6 Å². The maximum Gasteiger partial charge on any atom is 0.254 e. The van der Waals surface area contributed by atoms with Crippen molar-refractivity contribution in [3.8, 4) is 0 Å². The Hall–Kier alpha value is -2.70. The Morgan fingerprint density at radius 1 is 1.15 bits per heavy atom. The first-order valence-electron chi connectivity index (χ1n) is 9.13. The third-order valence-corrected chi connectivity index (χ3v) is 5.25. The second-order valence-corrected chi connectivity index (χ2v) is 7.04. The molecule has 6 nitrogen and oxygen atoms in total. The van der Waals surface area contributed by atoms with Gasteiger partial charge in [-0.1, -0.05) is 36.4 Å². The van der Waals surface area contributed by atoms with Gasteiger partial charge in [-0.25, -0.2) is 0 Å². The van der Waals surface area contributed by atoms with E-state index in [1.165, 1.54) is 0 Å². The highest BCUT2D eigenvalue weighted by atomic mass is 16.5. The maximum atomic E-state index is 12.5. The number of hydrogen-bond donors (Lipinski definition) is 2. The summed E-state index contributed by atoms with van der Waals surface area (Å²) in [5.74, 6) is -0.388. The fourth-order valence-electron chi connectivity index (χ4n) is 3.68. The molecule has 0 aromatic heterocycles. The van der Waals surface area contributed by atoms with Gasteiger partial charge >= 0.3 is 0 Å². The SMILES string of the molecule is O=C(NC[C@@H]1CO[C@H](CN2Cc3ccccc3C2=O)[C@H]1O)c1ccccc1. The summed E-state index contributed by atoms with van der Waals surface area (Å²) in [7, 11) is 0. The number of hydrogen-bond acceptors (Lipinski definition) is 4. The molecule has 0 bridgehead atoms. The molecular weight excluding hydrogens is 344 g/mol. The Morgan fingerprint density at radius 2 is 1.89 bits per heavy atom. The number of aliphatic hydroxyl groups is 1. The Morgan fingerprint density at radius 3 is 2.67 bits per heavy atom. The van der Waals surface area contributed by atoms with Gasteiger partial charge in [-0.05, 0) is 23.8 Å². The van der Waals surface area contributed by atoms with E-state index in [-0.39, 0.29) is 17.7 Å². The van der Waals surface area contributed by atoms with Gasteiger partial charge < -0.3 is 20.1 Å². The number of carbonyl (C=O) groups is 2. The van der Waals surface area contributed by atoms with E-state index in [0.717, 1.165) is 11.1 Å². The van der Waals surface area contributed by atoms with Crippen LogP contribution in [0.3, 0.4) is 0 Å². The third-order valence-electron chi connectivity index (χ3n) is 5.25. The molecule has 4 rings (SSSR count). The second kappa shape index (κ2) is 7.50. The number of nitrogens with one attached hydrogen (secondary N) is 1. The highest BCUT2D eigenvalue weighted by Gasteiger charge is 2.39. The molecule has 0 radical (unpaired) electrons. The lowest BCUT2D eigenvalue weighted by molar-refractivity contribution is 0.0145. The van der Waals surface area contributed by atoms with Gasteiger partial charge in [0.25, 0.3) is 11.8 Å². The number of rotatable bonds is 5. The minimum atomic E-state index is -0.724. The summed E-state index contributed by atoms with van der Waals surface area (Å²) in [5, 5.41) is 13.4. The summed E-state index contributed by atoms with van der Waals surface area (Å²) in [6.45, 7) is 1.57. The van der Waals surface area contributed by atoms with Crippen LogP contribution in [0, 0.1) is 5.92 Å². The summed E-state index contributed by atoms with van der Waals surface area (Å²) >= 11 is 0. The molecule has 2 amide bonds. The van der Waals surface area contributed by atoms with Crippen molar-refractivity contribution < 1.29 is 19.4 Å². The lowest BCUT2D eigenvalue weighted by atomic mass is 10.0. The second-order valence-electron chi connectivity index (χ2n) is 7.04. The van der Waals surface area contributed by atoms with Crippen LogP contribution in [-0.4, -0.2) is 53.7 Å². The summed E-state index contributed by atoms with van der Waals surface area (Å²) in [6, 6.07) is 16.5. The van der Waals surface area contributed by atoms with Crippen molar-refractivity contribution in [2.75, 3.05) is 19.7 Å². The standard InChI is InChI=1S/C21H22N2O4/c24-19-16(10-22-20(25)14-6-2-1-3-7-14)13-27-18(19)12-23-11-15-8-4-5-9-17(15)21(23)26/h1-9,16,18-19,24H,10-13H2,(H,22,25)/t16-,18-,19+/m1/s1. The fraction of sp³-hybridized carbons (Fsp3) is 0.333. The van der Waals surface area contributed by atoms with Gasteiger partial charge in [0.05, 0.1) is 19.3 Å². The molecule has 3 atom stereocenters. The van der Waals surface area contributed by atoms with Crippen LogP contribution in [0.1, 0.15) is 26.3 Å². The predicted octanol–water partition coefficient (Wildman–Crippen LogP) is 1.45. The molecule has 0 spiro atoms. The number of amides is 2. The van der Waals surface area contributed by atoms with E-state index >= 15 is 0 Å². The zero-order valence-corrected chi connectivity index (χ0v) is 14.9. The Labute approximate surface area is 157 Å². The van der Waals surface area contributed by atoms with Crippen molar-refractivity contribution >= 4 is 11.8 Å². The molecule has 0 saturated carbocycles. The first-order chi connectivity index (χ1) is 13.1. The first-order valence-corrected chi connectivity index (χ1v) is 9.13. The molecule has 2 aliphatic heterocycles. The fourth-order valence-corrected chi connectivity index (χ4v) is 3.68. The number of fused-ring (bicyclic) bond motifs is 1. The summed E-state index contributed by atoms with van der Waals surface area (Å²) < 4.78 is 5.73. The van der Waals surface area contributed by atoms with Crippen molar-refractivity contribution in [3.63, 3.8) is 0 Å². The topological polar surface area (TPSA) is 78.9 Å². The van der Waals surface area contributed by atoms with Gasteiger partial charge in [-0.15, -0.1) is 0 Å². The number of ether oxygens (including phenoxy) is 1. The normalized spacial score (nSPS) is 24.1. The van der Waals surface area contributed by atoms with Crippen molar-refractivity contribution in [2.24, 2.45) is 5.92 Å². The summed E-state index contributed by atoms with van der Waals surface area (Å²) in [4.78, 5) is 26.3. The monoisotopic (exact) mass is 366 g/mol. The van der Waals surface area contributed by atoms with Crippen molar-refractivity contribution in [2.45, 2.75) is 18.8 Å². The molecule has 1 fully saturated rings. The van der Waals surface area contributed by atoms with E-state index in [1.807, 2.05) is 42.5 Å². The molecule has 0 unspecified atom stereocenters. The molecule has 2 aromatic carbocycles. The van der Waals surface area contributed by atoms with Crippen molar-refractivity contribution in [1.29, 1.82) is 0 Å². The number of nitrogens with zero attached hydrogens (tertiary/aromatic N) is 1. The zero-order chi connectivity index (χ0) is 18.8. The Kier molecular flexibility index (Phi) is 4.92. The van der Waals surface area contributed by atoms with E-state index in [1.54, 1.807) is 17.0 Å². The van der Waals surface area contributed by atoms with E-state index in [4.69, 9.17) is 4.74 Å². The Bertz CT molecular complexity index is 839. The molecule has 2 heterocycles. The summed E-state index contributed by atoms with van der Waals surface area (Å²) in [6.07, 6.45) is -1.17. The predicted molar refractivity (Wildman–Crippen MR) is 99.2 cm³/mol. The Balaban J connectivity index is 1.31. The molecule has 0 aliphatic carbocycles. The number of aliphatic hydroxyl groups excluding tert-OH is 1. The van der Waals surface area contributed by atoms with Gasteiger partial charge in [0.2, 0.25) is 0 Å². The van der Waals surface area contributed by atoms with Crippen molar-refractivity contribution in [3.05, 3.63) is 71.3 Å². The molecule has 140 valence electrons. The van der Waals surface area contributed by atoms with Gasteiger partial charge in [-0.2, -0.15) is 0 Å². The maximum absolute atomic E-state index is 12.5. The van der Waals surface area contributed by atoms with Gasteiger partial charge in [0, 0.05) is 30.1 Å². The first kappa shape index (κ1) is 17.7. The molecular formula is C21H22N2O4. The van der Waals surface area contributed by atoms with Gasteiger partial charge in [-0.3, -0.25) is 9.59 Å². The zero-order valence-electron chi connectivity index (χ0n) is 14.9. The minimum Gasteiger partial charge on any atom is -0.390 e. The molecule has 2 N–H and O–H groups in total. The highest BCUT2D eigenvalue weighted by molar-refractivity contribution is 5.98. The third kappa shape index (κ3) is 3.59. The number of carbonyl (C=O) groups excluding carboxylic acids is 2. The van der Waals surface area contributed by atoms with Crippen LogP contribution in [0.25, 0.3) is 0 Å². The average Bonchev–Trinajstić information content (AvgIpc) is 3.21. The molecule has 27 heavy (non-hydrogen) atoms. The molecule has 2 aliphatic rings. The van der Waals surface area contributed by atoms with E-state index in [9.17, 15) is 14.7 Å². The van der Waals surface area contributed by atoms with Crippen LogP contribution in [0.5, 0.6) is 0 Å².